The number of carbonyl (C=O) groups excluding carboxylic acids is 4. The molecular formula is C22H18N2O4S2. The number of hydrogen-bond donors (Lipinski definition) is 2. The molecule has 0 spiro atoms. The van der Waals surface area contributed by atoms with Crippen LogP contribution < -0.4 is 10.6 Å². The van der Waals surface area contributed by atoms with Crippen molar-refractivity contribution in [2.75, 3.05) is 0 Å². The Morgan fingerprint density at radius 2 is 0.933 bits per heavy atom. The minimum absolute atomic E-state index is 0.307. The third kappa shape index (κ3) is 5.95. The number of carbonyl (C=O) groups is 4. The summed E-state index contributed by atoms with van der Waals surface area (Å²) in [5.74, 6) is -0.629. The maximum Gasteiger partial charge on any atom is 0.290 e. The van der Waals surface area contributed by atoms with Crippen molar-refractivity contribution in [1.82, 2.24) is 10.6 Å². The van der Waals surface area contributed by atoms with E-state index in [2.05, 4.69) is 10.6 Å². The molecule has 2 aromatic carbocycles. The predicted molar refractivity (Wildman–Crippen MR) is 121 cm³/mol. The van der Waals surface area contributed by atoms with Crippen LogP contribution in [0.15, 0.2) is 58.3 Å². The number of benzene rings is 2. The lowest BCUT2D eigenvalue weighted by atomic mass is 10.1. The molecule has 2 N–H and O–H groups in total. The molecule has 2 heterocycles. The van der Waals surface area contributed by atoms with E-state index < -0.39 is 0 Å². The van der Waals surface area contributed by atoms with Crippen molar-refractivity contribution in [3.8, 4) is 0 Å². The third-order valence-electron chi connectivity index (χ3n) is 4.03. The summed E-state index contributed by atoms with van der Waals surface area (Å²) in [4.78, 5) is 45.2. The van der Waals surface area contributed by atoms with Gasteiger partial charge in [0.15, 0.2) is 0 Å². The van der Waals surface area contributed by atoms with Crippen LogP contribution in [0.2, 0.25) is 0 Å². The van der Waals surface area contributed by atoms with Crippen LogP contribution in [0, 0.1) is 13.8 Å². The lowest BCUT2D eigenvalue weighted by Crippen LogP contribution is -2.17. The standard InChI is InChI=1S/2C11H9NO2S/c2*1-7-2-4-8(5-3-7)6-9-10(13)12-11(14)15-9/h2*2-6H,1H3,(H,12,13,14)/b2*9-6-. The van der Waals surface area contributed by atoms with E-state index in [9.17, 15) is 19.2 Å². The average molecular weight is 439 g/mol. The summed E-state index contributed by atoms with van der Waals surface area (Å²) in [5.41, 5.74) is 4.18. The van der Waals surface area contributed by atoms with Gasteiger partial charge in [-0.2, -0.15) is 0 Å². The molecule has 152 valence electrons. The van der Waals surface area contributed by atoms with Crippen molar-refractivity contribution < 1.29 is 19.2 Å². The molecule has 0 aliphatic carbocycles. The second-order valence-corrected chi connectivity index (χ2v) is 8.56. The van der Waals surface area contributed by atoms with Crippen molar-refractivity contribution in [1.29, 1.82) is 0 Å². The zero-order chi connectivity index (χ0) is 21.7. The number of aryl methyl sites for hydroxylation is 2. The highest BCUT2D eigenvalue weighted by molar-refractivity contribution is 8.18. The lowest BCUT2D eigenvalue weighted by molar-refractivity contribution is -0.116. The van der Waals surface area contributed by atoms with Crippen LogP contribution in [0.4, 0.5) is 9.59 Å². The van der Waals surface area contributed by atoms with E-state index in [0.717, 1.165) is 45.8 Å². The molecule has 4 rings (SSSR count). The highest BCUT2D eigenvalue weighted by Crippen LogP contribution is 2.26. The van der Waals surface area contributed by atoms with E-state index in [1.165, 1.54) is 0 Å². The van der Waals surface area contributed by atoms with E-state index in [-0.39, 0.29) is 22.3 Å². The molecule has 0 unspecified atom stereocenters. The van der Waals surface area contributed by atoms with Gasteiger partial charge < -0.3 is 0 Å². The van der Waals surface area contributed by atoms with Crippen molar-refractivity contribution in [3.63, 3.8) is 0 Å². The lowest BCUT2D eigenvalue weighted by Gasteiger charge is -1.95. The minimum Gasteiger partial charge on any atom is -0.282 e. The minimum atomic E-state index is -0.314. The summed E-state index contributed by atoms with van der Waals surface area (Å²) in [6.45, 7) is 3.99. The Balaban J connectivity index is 0.000000171. The van der Waals surface area contributed by atoms with Gasteiger partial charge >= 0.3 is 0 Å². The molecule has 4 amide bonds. The van der Waals surface area contributed by atoms with Crippen molar-refractivity contribution >= 4 is 58.0 Å². The largest absolute Gasteiger partial charge is 0.290 e. The topological polar surface area (TPSA) is 92.3 Å². The molecule has 2 aliphatic heterocycles. The second kappa shape index (κ2) is 9.60. The van der Waals surface area contributed by atoms with Crippen LogP contribution in [0.1, 0.15) is 22.3 Å². The Labute approximate surface area is 182 Å². The fourth-order valence-corrected chi connectivity index (χ4v) is 3.83. The molecule has 2 aliphatic rings. The zero-order valence-electron chi connectivity index (χ0n) is 16.2. The van der Waals surface area contributed by atoms with Crippen molar-refractivity contribution in [2.24, 2.45) is 0 Å². The van der Waals surface area contributed by atoms with Gasteiger partial charge in [0.2, 0.25) is 0 Å². The Kier molecular flexibility index (Phi) is 6.91. The highest BCUT2D eigenvalue weighted by atomic mass is 32.2. The van der Waals surface area contributed by atoms with Crippen LogP contribution in [-0.2, 0) is 9.59 Å². The van der Waals surface area contributed by atoms with Gasteiger partial charge in [0.05, 0.1) is 9.81 Å². The van der Waals surface area contributed by atoms with E-state index >= 15 is 0 Å². The first-order valence-corrected chi connectivity index (χ1v) is 10.6. The van der Waals surface area contributed by atoms with E-state index in [1.54, 1.807) is 12.2 Å². The van der Waals surface area contributed by atoms with E-state index in [0.29, 0.717) is 9.81 Å². The van der Waals surface area contributed by atoms with Crippen LogP contribution in [-0.4, -0.2) is 22.3 Å². The fourth-order valence-electron chi connectivity index (χ4n) is 2.47. The molecule has 2 saturated heterocycles. The van der Waals surface area contributed by atoms with Gasteiger partial charge in [-0.1, -0.05) is 59.7 Å². The Hall–Kier alpha value is -3.10. The maximum absolute atomic E-state index is 11.2. The van der Waals surface area contributed by atoms with Gasteiger partial charge in [0.1, 0.15) is 0 Å². The van der Waals surface area contributed by atoms with E-state index in [4.69, 9.17) is 0 Å². The summed E-state index contributed by atoms with van der Waals surface area (Å²) in [6, 6.07) is 15.5. The first-order chi connectivity index (χ1) is 14.3. The predicted octanol–water partition coefficient (Wildman–Crippen LogP) is 4.64. The van der Waals surface area contributed by atoms with Crippen LogP contribution in [0.25, 0.3) is 12.2 Å². The number of imide groups is 2. The number of hydrogen-bond acceptors (Lipinski definition) is 6. The zero-order valence-corrected chi connectivity index (χ0v) is 17.9. The number of thioether (sulfide) groups is 2. The maximum atomic E-state index is 11.2. The number of nitrogens with one attached hydrogen (secondary N) is 2. The molecule has 0 saturated carbocycles. The summed E-state index contributed by atoms with van der Waals surface area (Å²) in [7, 11) is 0. The molecule has 30 heavy (non-hydrogen) atoms. The summed E-state index contributed by atoms with van der Waals surface area (Å²) in [5, 5.41) is 3.82. The SMILES string of the molecule is Cc1ccc(/C=C2\SC(=O)NC2=O)cc1.Cc1ccc(/C=C2\SC(=O)NC2=O)cc1. The molecule has 0 bridgehead atoms. The summed E-state index contributed by atoms with van der Waals surface area (Å²) < 4.78 is 0. The van der Waals surface area contributed by atoms with Crippen molar-refractivity contribution in [3.05, 3.63) is 80.6 Å². The Morgan fingerprint density at radius 3 is 1.20 bits per heavy atom. The second-order valence-electron chi connectivity index (χ2n) is 6.53. The smallest absolute Gasteiger partial charge is 0.282 e. The average Bonchev–Trinajstić information content (AvgIpc) is 3.19. The monoisotopic (exact) mass is 438 g/mol. The van der Waals surface area contributed by atoms with Gasteiger partial charge in [0.25, 0.3) is 22.3 Å². The van der Waals surface area contributed by atoms with Crippen molar-refractivity contribution in [2.45, 2.75) is 13.8 Å². The normalized spacial score (nSPS) is 18.3. The summed E-state index contributed by atoms with van der Waals surface area (Å²) >= 11 is 1.87. The molecule has 0 atom stereocenters. The first-order valence-electron chi connectivity index (χ1n) is 8.93. The molecule has 2 fully saturated rings. The molecular weight excluding hydrogens is 420 g/mol. The van der Waals surface area contributed by atoms with Crippen LogP contribution in [0.5, 0.6) is 0 Å². The fraction of sp³-hybridized carbons (Fsp3) is 0.0909. The molecule has 2 aromatic rings. The number of amides is 4. The van der Waals surface area contributed by atoms with Crippen LogP contribution in [0.3, 0.4) is 0 Å². The van der Waals surface area contributed by atoms with Gasteiger partial charge in [-0.3, -0.25) is 29.8 Å². The van der Waals surface area contributed by atoms with Crippen LogP contribution >= 0.6 is 23.5 Å². The first kappa shape index (κ1) is 21.6. The molecule has 6 nitrogen and oxygen atoms in total. The summed E-state index contributed by atoms with van der Waals surface area (Å²) in [6.07, 6.45) is 3.43. The highest BCUT2D eigenvalue weighted by Gasteiger charge is 2.25. The molecule has 0 radical (unpaired) electrons. The van der Waals surface area contributed by atoms with Gasteiger partial charge in [-0.15, -0.1) is 0 Å². The Bertz CT molecular complexity index is 984. The van der Waals surface area contributed by atoms with Gasteiger partial charge in [-0.25, -0.2) is 0 Å². The van der Waals surface area contributed by atoms with Gasteiger partial charge in [0, 0.05) is 0 Å². The van der Waals surface area contributed by atoms with E-state index in [1.807, 2.05) is 62.4 Å². The Morgan fingerprint density at radius 1 is 0.600 bits per heavy atom. The van der Waals surface area contributed by atoms with Gasteiger partial charge in [-0.05, 0) is 60.7 Å². The molecule has 0 aromatic heterocycles. The number of rotatable bonds is 2. The quantitative estimate of drug-likeness (QED) is 0.664. The molecule has 8 heteroatoms. The third-order valence-corrected chi connectivity index (χ3v) is 5.66.